The number of benzene rings is 2. The van der Waals surface area contributed by atoms with Gasteiger partial charge in [0.1, 0.15) is 6.61 Å². The van der Waals surface area contributed by atoms with Crippen LogP contribution < -0.4 is 14.8 Å². The minimum Gasteiger partial charge on any atom is -0.490 e. The molecule has 4 bridgehead atoms. The number of nitrogens with one attached hydrogen (secondary N) is 1. The van der Waals surface area contributed by atoms with Crippen molar-refractivity contribution in [3.63, 3.8) is 0 Å². The van der Waals surface area contributed by atoms with Crippen LogP contribution in [0.3, 0.4) is 0 Å². The van der Waals surface area contributed by atoms with E-state index in [4.69, 9.17) is 9.47 Å². The Morgan fingerprint density at radius 2 is 1.77 bits per heavy atom. The highest BCUT2D eigenvalue weighted by Gasteiger charge is 2.56. The lowest BCUT2D eigenvalue weighted by molar-refractivity contribution is -0.142. The Morgan fingerprint density at radius 3 is 2.45 bits per heavy atom. The highest BCUT2D eigenvalue weighted by atomic mass is 79.9. The van der Waals surface area contributed by atoms with E-state index in [-0.39, 0.29) is 5.54 Å². The smallest absolute Gasteiger partial charge is 0.175 e. The fourth-order valence-corrected chi connectivity index (χ4v) is 7.17. The lowest BCUT2D eigenvalue weighted by Gasteiger charge is -2.60. The summed E-state index contributed by atoms with van der Waals surface area (Å²) in [7, 11) is 0. The van der Waals surface area contributed by atoms with Gasteiger partial charge in [-0.15, -0.1) is 0 Å². The summed E-state index contributed by atoms with van der Waals surface area (Å²) >= 11 is 3.71. The molecule has 6 rings (SSSR count). The molecular weight excluding hydrogens is 454 g/mol. The van der Waals surface area contributed by atoms with Crippen molar-refractivity contribution in [2.75, 3.05) is 6.61 Å². The molecular formula is C26H32BrNO3. The molecule has 2 atom stereocenters. The largest absolute Gasteiger partial charge is 0.490 e. The first kappa shape index (κ1) is 21.3. The molecule has 2 unspecified atom stereocenters. The second-order valence-electron chi connectivity index (χ2n) is 9.93. The number of ether oxygens (including phenoxy) is 2. The van der Waals surface area contributed by atoms with Gasteiger partial charge in [0.2, 0.25) is 0 Å². The summed E-state index contributed by atoms with van der Waals surface area (Å²) in [6.07, 6.45) is 6.60. The first-order chi connectivity index (χ1) is 15.0. The van der Waals surface area contributed by atoms with Crippen molar-refractivity contribution < 1.29 is 14.6 Å². The molecule has 0 spiro atoms. The van der Waals surface area contributed by atoms with Crippen molar-refractivity contribution in [2.24, 2.45) is 11.8 Å². The van der Waals surface area contributed by atoms with E-state index in [2.05, 4.69) is 45.5 Å². The summed E-state index contributed by atoms with van der Waals surface area (Å²) in [5, 5.41) is 14.9. The van der Waals surface area contributed by atoms with Crippen LogP contribution in [-0.4, -0.2) is 22.9 Å². The zero-order chi connectivity index (χ0) is 21.5. The van der Waals surface area contributed by atoms with Crippen molar-refractivity contribution in [2.45, 2.75) is 69.7 Å². The van der Waals surface area contributed by atoms with E-state index in [1.165, 1.54) is 24.8 Å². The molecule has 166 valence electrons. The van der Waals surface area contributed by atoms with Crippen LogP contribution in [0.5, 0.6) is 11.5 Å². The maximum absolute atomic E-state index is 11.0. The summed E-state index contributed by atoms with van der Waals surface area (Å²) in [4.78, 5) is 0. The Balaban J connectivity index is 1.31. The normalized spacial score (nSPS) is 31.1. The molecule has 0 saturated heterocycles. The van der Waals surface area contributed by atoms with Gasteiger partial charge in [0, 0.05) is 12.1 Å². The zero-order valence-corrected chi connectivity index (χ0v) is 19.8. The second-order valence-corrected chi connectivity index (χ2v) is 10.8. The van der Waals surface area contributed by atoms with Crippen LogP contribution in [0.15, 0.2) is 46.9 Å². The Labute approximate surface area is 193 Å². The summed E-state index contributed by atoms with van der Waals surface area (Å²) in [6.45, 7) is 3.86. The molecule has 2 aromatic carbocycles. The van der Waals surface area contributed by atoms with Crippen molar-refractivity contribution in [3.05, 3.63) is 58.1 Å². The molecule has 4 aliphatic carbocycles. The third-order valence-electron chi connectivity index (χ3n) is 7.29. The topological polar surface area (TPSA) is 50.7 Å². The molecule has 4 saturated carbocycles. The van der Waals surface area contributed by atoms with Crippen LogP contribution in [0.2, 0.25) is 0 Å². The SMILES string of the molecule is CCOc1cc(CNC23CC4CC(CC(O)(C4)C2)C3)cc(Br)c1OCc1ccccc1. The molecule has 5 heteroatoms. The molecule has 0 aromatic heterocycles. The predicted octanol–water partition coefficient (Wildman–Crippen LogP) is 5.60. The molecule has 31 heavy (non-hydrogen) atoms. The van der Waals surface area contributed by atoms with E-state index in [1.54, 1.807) is 0 Å². The highest BCUT2D eigenvalue weighted by Crippen LogP contribution is 2.57. The van der Waals surface area contributed by atoms with Gasteiger partial charge in [-0.2, -0.15) is 0 Å². The standard InChI is InChI=1S/C26H32BrNO3/c1-2-30-23-10-19(9-22(27)24(23)31-16-18-6-4-3-5-7-18)15-28-25-11-20-8-21(12-25)14-26(29,13-20)17-25/h3-7,9-10,20-21,28-29H,2,8,11-17H2,1H3. The van der Waals surface area contributed by atoms with Crippen LogP contribution in [0, 0.1) is 11.8 Å². The van der Waals surface area contributed by atoms with E-state index >= 15 is 0 Å². The van der Waals surface area contributed by atoms with Gasteiger partial charge in [-0.1, -0.05) is 30.3 Å². The molecule has 4 fully saturated rings. The fourth-order valence-electron chi connectivity index (χ4n) is 6.57. The zero-order valence-electron chi connectivity index (χ0n) is 18.2. The first-order valence-electron chi connectivity index (χ1n) is 11.6. The van der Waals surface area contributed by atoms with E-state index < -0.39 is 5.60 Å². The maximum Gasteiger partial charge on any atom is 0.175 e. The van der Waals surface area contributed by atoms with Gasteiger partial charge in [0.15, 0.2) is 11.5 Å². The van der Waals surface area contributed by atoms with Gasteiger partial charge in [0.25, 0.3) is 0 Å². The van der Waals surface area contributed by atoms with Crippen molar-refractivity contribution in [1.29, 1.82) is 0 Å². The van der Waals surface area contributed by atoms with Gasteiger partial charge < -0.3 is 19.9 Å². The molecule has 2 N–H and O–H groups in total. The second kappa shape index (κ2) is 8.42. The molecule has 0 heterocycles. The number of halogens is 1. The summed E-state index contributed by atoms with van der Waals surface area (Å²) in [6, 6.07) is 14.4. The van der Waals surface area contributed by atoms with Gasteiger partial charge in [-0.3, -0.25) is 0 Å². The van der Waals surface area contributed by atoms with Crippen molar-refractivity contribution >= 4 is 15.9 Å². The van der Waals surface area contributed by atoms with Gasteiger partial charge in [0.05, 0.1) is 16.7 Å². The van der Waals surface area contributed by atoms with E-state index in [1.807, 2.05) is 25.1 Å². The molecule has 0 aliphatic heterocycles. The van der Waals surface area contributed by atoms with Gasteiger partial charge >= 0.3 is 0 Å². The van der Waals surface area contributed by atoms with Crippen LogP contribution in [0.1, 0.15) is 56.6 Å². The Kier molecular flexibility index (Phi) is 5.78. The molecule has 0 amide bonds. The summed E-state index contributed by atoms with van der Waals surface area (Å²) in [5.41, 5.74) is 1.94. The van der Waals surface area contributed by atoms with E-state index in [0.29, 0.717) is 25.0 Å². The molecule has 4 nitrogen and oxygen atoms in total. The third kappa shape index (κ3) is 4.50. The quantitative estimate of drug-likeness (QED) is 0.510. The Bertz CT molecular complexity index is 918. The number of hydrogen-bond acceptors (Lipinski definition) is 4. The Morgan fingerprint density at radius 1 is 1.03 bits per heavy atom. The minimum absolute atomic E-state index is 0.0829. The van der Waals surface area contributed by atoms with Crippen LogP contribution >= 0.6 is 15.9 Å². The van der Waals surface area contributed by atoms with E-state index in [0.717, 1.165) is 47.3 Å². The minimum atomic E-state index is -0.441. The number of hydrogen-bond donors (Lipinski definition) is 2. The monoisotopic (exact) mass is 485 g/mol. The molecule has 0 radical (unpaired) electrons. The van der Waals surface area contributed by atoms with Gasteiger partial charge in [-0.25, -0.2) is 0 Å². The van der Waals surface area contributed by atoms with Crippen LogP contribution in [0.4, 0.5) is 0 Å². The predicted molar refractivity (Wildman–Crippen MR) is 125 cm³/mol. The summed E-state index contributed by atoms with van der Waals surface area (Å²) in [5.74, 6) is 2.88. The number of rotatable bonds is 8. The van der Waals surface area contributed by atoms with E-state index in [9.17, 15) is 5.11 Å². The number of aliphatic hydroxyl groups is 1. The first-order valence-corrected chi connectivity index (χ1v) is 12.3. The van der Waals surface area contributed by atoms with Crippen molar-refractivity contribution in [1.82, 2.24) is 5.32 Å². The summed E-state index contributed by atoms with van der Waals surface area (Å²) < 4.78 is 13.0. The van der Waals surface area contributed by atoms with Gasteiger partial charge in [-0.05, 0) is 96.5 Å². The Hall–Kier alpha value is -1.56. The van der Waals surface area contributed by atoms with Crippen molar-refractivity contribution in [3.8, 4) is 11.5 Å². The lowest BCUT2D eigenvalue weighted by Crippen LogP contribution is -2.64. The van der Waals surface area contributed by atoms with Crippen LogP contribution in [-0.2, 0) is 13.2 Å². The average Bonchev–Trinajstić information content (AvgIpc) is 2.71. The molecule has 4 aliphatic rings. The average molecular weight is 486 g/mol. The molecule has 2 aromatic rings. The third-order valence-corrected chi connectivity index (χ3v) is 7.88. The maximum atomic E-state index is 11.0. The lowest BCUT2D eigenvalue weighted by atomic mass is 9.51. The fraction of sp³-hybridized carbons (Fsp3) is 0.538. The highest BCUT2D eigenvalue weighted by molar-refractivity contribution is 9.10. The van der Waals surface area contributed by atoms with Crippen LogP contribution in [0.25, 0.3) is 0 Å².